The number of nitrogens with zero attached hydrogens (tertiary/aromatic N) is 2. The number of carbonyl (C=O) groups excluding carboxylic acids is 1. The normalized spacial score (nSPS) is 10.2. The highest BCUT2D eigenvalue weighted by Gasteiger charge is 2.12. The number of aryl methyl sites for hydroxylation is 2. The van der Waals surface area contributed by atoms with Crippen molar-refractivity contribution in [1.29, 1.82) is 0 Å². The summed E-state index contributed by atoms with van der Waals surface area (Å²) in [5.74, 6) is 1.25. The third-order valence-corrected chi connectivity index (χ3v) is 3.69. The zero-order valence-electron chi connectivity index (χ0n) is 15.6. The molecule has 0 fully saturated rings. The van der Waals surface area contributed by atoms with Crippen LogP contribution in [0.2, 0.25) is 0 Å². The highest BCUT2D eigenvalue weighted by molar-refractivity contribution is 5.80. The summed E-state index contributed by atoms with van der Waals surface area (Å²) in [7, 11) is 0. The van der Waals surface area contributed by atoms with Gasteiger partial charge in [-0.2, -0.15) is 4.98 Å². The molecule has 3 aromatic rings. The number of aromatic nitrogens is 2. The van der Waals surface area contributed by atoms with Gasteiger partial charge in [0.05, 0.1) is 0 Å². The molecule has 0 aliphatic rings. The molecule has 1 amide bonds. The molecule has 0 aliphatic heterocycles. The van der Waals surface area contributed by atoms with Gasteiger partial charge in [-0.25, -0.2) is 4.98 Å². The minimum atomic E-state index is -0.390. The summed E-state index contributed by atoms with van der Waals surface area (Å²) < 4.78 is 11.1. The minimum absolute atomic E-state index is 0.159. The molecule has 0 saturated heterocycles. The number of amides is 1. The quantitative estimate of drug-likeness (QED) is 0.541. The maximum atomic E-state index is 11.9. The number of para-hydroxylation sites is 1. The van der Waals surface area contributed by atoms with Crippen molar-refractivity contribution in [2.24, 2.45) is 0 Å². The molecule has 0 atom stereocenters. The van der Waals surface area contributed by atoms with Gasteiger partial charge in [-0.05, 0) is 49.2 Å². The average Bonchev–Trinajstić information content (AvgIpc) is 2.67. The van der Waals surface area contributed by atoms with Gasteiger partial charge in [-0.1, -0.05) is 24.3 Å². The van der Waals surface area contributed by atoms with E-state index in [0.29, 0.717) is 11.5 Å². The van der Waals surface area contributed by atoms with Crippen molar-refractivity contribution in [3.05, 3.63) is 66.0 Å². The third-order valence-electron chi connectivity index (χ3n) is 3.69. The summed E-state index contributed by atoms with van der Waals surface area (Å²) in [6.45, 7) is 3.79. The van der Waals surface area contributed by atoms with E-state index in [4.69, 9.17) is 15.2 Å². The predicted octanol–water partition coefficient (Wildman–Crippen LogP) is 2.99. The summed E-state index contributed by atoms with van der Waals surface area (Å²) in [4.78, 5) is 20.0. The van der Waals surface area contributed by atoms with E-state index in [2.05, 4.69) is 20.8 Å². The molecule has 28 heavy (non-hydrogen) atoms. The molecule has 8 heteroatoms. The van der Waals surface area contributed by atoms with Crippen LogP contribution in [0.1, 0.15) is 11.1 Å². The second-order valence-electron chi connectivity index (χ2n) is 6.14. The zero-order valence-corrected chi connectivity index (χ0v) is 15.6. The van der Waals surface area contributed by atoms with E-state index in [-0.39, 0.29) is 24.0 Å². The fraction of sp³-hybridized carbons (Fsp3) is 0.150. The number of ether oxygens (including phenoxy) is 2. The number of benzene rings is 2. The largest absolute Gasteiger partial charge is 0.484 e. The van der Waals surface area contributed by atoms with E-state index in [1.807, 2.05) is 50.2 Å². The highest BCUT2D eigenvalue weighted by Crippen LogP contribution is 2.29. The molecule has 4 N–H and O–H groups in total. The van der Waals surface area contributed by atoms with E-state index in [1.165, 1.54) is 6.33 Å². The molecule has 1 aromatic heterocycles. The smallest absolute Gasteiger partial charge is 0.276 e. The number of hydrogen-bond acceptors (Lipinski definition) is 7. The molecule has 3 rings (SSSR count). The van der Waals surface area contributed by atoms with E-state index >= 15 is 0 Å². The molecule has 0 saturated carbocycles. The van der Waals surface area contributed by atoms with Crippen molar-refractivity contribution in [2.75, 3.05) is 17.8 Å². The second-order valence-corrected chi connectivity index (χ2v) is 6.14. The Hall–Kier alpha value is -3.81. The average molecular weight is 379 g/mol. The molecule has 0 bridgehead atoms. The Morgan fingerprint density at radius 1 is 1.04 bits per heavy atom. The standard InChI is InChI=1S/C20H21N5O3/c1-13-8-14(2)10-16(9-13)28-20-18(21)19(22-12-23-20)25-24-17(26)11-27-15-6-4-3-5-7-15/h3-10,12H,11,21H2,1-2H3,(H,24,26)(H,22,23,25). The van der Waals surface area contributed by atoms with E-state index in [9.17, 15) is 4.79 Å². The molecule has 2 aromatic carbocycles. The van der Waals surface area contributed by atoms with Gasteiger partial charge in [-0.15, -0.1) is 0 Å². The Bertz CT molecular complexity index is 943. The van der Waals surface area contributed by atoms with E-state index < -0.39 is 5.91 Å². The van der Waals surface area contributed by atoms with Gasteiger partial charge < -0.3 is 15.2 Å². The van der Waals surface area contributed by atoms with Crippen LogP contribution >= 0.6 is 0 Å². The monoisotopic (exact) mass is 379 g/mol. The fourth-order valence-electron chi connectivity index (χ4n) is 2.49. The van der Waals surface area contributed by atoms with Crippen LogP contribution in [-0.2, 0) is 4.79 Å². The summed E-state index contributed by atoms with van der Waals surface area (Å²) in [5.41, 5.74) is 13.5. The van der Waals surface area contributed by atoms with Crippen molar-refractivity contribution in [3.63, 3.8) is 0 Å². The molecule has 1 heterocycles. The zero-order chi connectivity index (χ0) is 19.9. The Kier molecular flexibility index (Phi) is 5.91. The SMILES string of the molecule is Cc1cc(C)cc(Oc2ncnc(NNC(=O)COc3ccccc3)c2N)c1. The fourth-order valence-corrected chi connectivity index (χ4v) is 2.49. The predicted molar refractivity (Wildman–Crippen MR) is 106 cm³/mol. The number of anilines is 2. The Morgan fingerprint density at radius 2 is 1.75 bits per heavy atom. The lowest BCUT2D eigenvalue weighted by Crippen LogP contribution is -2.34. The van der Waals surface area contributed by atoms with Crippen molar-refractivity contribution in [2.45, 2.75) is 13.8 Å². The number of rotatable bonds is 7. The van der Waals surface area contributed by atoms with Gasteiger partial charge in [-0.3, -0.25) is 15.6 Å². The lowest BCUT2D eigenvalue weighted by atomic mass is 10.1. The summed E-state index contributed by atoms with van der Waals surface area (Å²) in [6.07, 6.45) is 1.29. The van der Waals surface area contributed by atoms with Crippen LogP contribution in [0.4, 0.5) is 11.5 Å². The van der Waals surface area contributed by atoms with E-state index in [0.717, 1.165) is 11.1 Å². The van der Waals surface area contributed by atoms with Crippen LogP contribution in [0.5, 0.6) is 17.4 Å². The van der Waals surface area contributed by atoms with Gasteiger partial charge >= 0.3 is 0 Å². The maximum absolute atomic E-state index is 11.9. The molecule has 0 aliphatic carbocycles. The highest BCUT2D eigenvalue weighted by atomic mass is 16.5. The Labute approximate surface area is 162 Å². The van der Waals surface area contributed by atoms with Crippen molar-refractivity contribution in [3.8, 4) is 17.4 Å². The minimum Gasteiger partial charge on any atom is -0.484 e. The summed E-state index contributed by atoms with van der Waals surface area (Å²) >= 11 is 0. The van der Waals surface area contributed by atoms with Crippen LogP contribution in [0.15, 0.2) is 54.9 Å². The molecule has 0 spiro atoms. The molecule has 0 unspecified atom stereocenters. The lowest BCUT2D eigenvalue weighted by molar-refractivity contribution is -0.122. The van der Waals surface area contributed by atoms with Crippen molar-refractivity contribution < 1.29 is 14.3 Å². The first kappa shape index (κ1) is 19.0. The summed E-state index contributed by atoms with van der Waals surface area (Å²) in [5, 5.41) is 0. The maximum Gasteiger partial charge on any atom is 0.276 e. The first-order valence-corrected chi connectivity index (χ1v) is 8.60. The number of nitrogen functional groups attached to an aromatic ring is 1. The Morgan fingerprint density at radius 3 is 2.46 bits per heavy atom. The molecule has 144 valence electrons. The number of hydrazine groups is 1. The van der Waals surface area contributed by atoms with Crippen LogP contribution < -0.4 is 26.1 Å². The van der Waals surface area contributed by atoms with Crippen LogP contribution in [-0.4, -0.2) is 22.5 Å². The lowest BCUT2D eigenvalue weighted by Gasteiger charge is -2.13. The number of hydrogen-bond donors (Lipinski definition) is 3. The van der Waals surface area contributed by atoms with Crippen LogP contribution in [0.3, 0.4) is 0 Å². The number of nitrogens with two attached hydrogens (primary N) is 1. The van der Waals surface area contributed by atoms with Crippen molar-refractivity contribution in [1.82, 2.24) is 15.4 Å². The van der Waals surface area contributed by atoms with E-state index in [1.54, 1.807) is 12.1 Å². The van der Waals surface area contributed by atoms with Gasteiger partial charge in [0.2, 0.25) is 5.88 Å². The molecular formula is C20H21N5O3. The first-order chi connectivity index (χ1) is 13.5. The van der Waals surface area contributed by atoms with Gasteiger partial charge in [0.15, 0.2) is 12.4 Å². The van der Waals surface area contributed by atoms with Gasteiger partial charge in [0.25, 0.3) is 5.91 Å². The summed E-state index contributed by atoms with van der Waals surface area (Å²) in [6, 6.07) is 14.8. The number of carbonyl (C=O) groups is 1. The Balaban J connectivity index is 1.60. The van der Waals surface area contributed by atoms with Gasteiger partial charge in [0, 0.05) is 0 Å². The molecule has 0 radical (unpaired) electrons. The number of nitrogens with one attached hydrogen (secondary N) is 2. The van der Waals surface area contributed by atoms with Crippen LogP contribution in [0.25, 0.3) is 0 Å². The molecule has 8 nitrogen and oxygen atoms in total. The second kappa shape index (κ2) is 8.72. The third kappa shape index (κ3) is 5.10. The van der Waals surface area contributed by atoms with Crippen LogP contribution in [0, 0.1) is 13.8 Å². The topological polar surface area (TPSA) is 111 Å². The van der Waals surface area contributed by atoms with Crippen molar-refractivity contribution >= 4 is 17.4 Å². The molecular weight excluding hydrogens is 358 g/mol. The van der Waals surface area contributed by atoms with Gasteiger partial charge in [0.1, 0.15) is 23.5 Å². The first-order valence-electron chi connectivity index (χ1n) is 8.60.